The molecule has 0 spiro atoms. The summed E-state index contributed by atoms with van der Waals surface area (Å²) >= 11 is 17.2. The minimum Gasteiger partial charge on any atom is -0.343 e. The number of aromatic nitrogens is 3. The number of H-pyrrole nitrogens is 1. The molecule has 0 amide bonds. The largest absolute Gasteiger partial charge is 0.343 e. The molecular weight excluding hydrogens is 284 g/mol. The van der Waals surface area contributed by atoms with Gasteiger partial charge in [-0.15, -0.1) is 0 Å². The molecule has 0 unspecified atom stereocenters. The SMILES string of the molecule is Cc1cc(=O)c2c(C)nc(C(Cl)(Cl)Cl)nc2[nH]1. The van der Waals surface area contributed by atoms with Gasteiger partial charge in [0.2, 0.25) is 3.79 Å². The van der Waals surface area contributed by atoms with Crippen molar-refractivity contribution in [1.29, 1.82) is 0 Å². The van der Waals surface area contributed by atoms with Gasteiger partial charge in [-0.05, 0) is 13.8 Å². The summed E-state index contributed by atoms with van der Waals surface area (Å²) in [6, 6.07) is 1.48. The van der Waals surface area contributed by atoms with Crippen molar-refractivity contribution in [2.45, 2.75) is 17.6 Å². The Bertz CT molecular complexity index is 646. The first kappa shape index (κ1) is 12.6. The Labute approximate surface area is 112 Å². The molecule has 0 saturated carbocycles. The van der Waals surface area contributed by atoms with Crippen LogP contribution in [0.15, 0.2) is 10.9 Å². The van der Waals surface area contributed by atoms with E-state index in [1.807, 2.05) is 0 Å². The topological polar surface area (TPSA) is 58.6 Å². The van der Waals surface area contributed by atoms with Gasteiger partial charge >= 0.3 is 0 Å². The maximum atomic E-state index is 11.8. The van der Waals surface area contributed by atoms with Crippen molar-refractivity contribution in [2.75, 3.05) is 0 Å². The number of pyridine rings is 1. The van der Waals surface area contributed by atoms with Crippen LogP contribution in [0.4, 0.5) is 0 Å². The molecule has 90 valence electrons. The predicted octanol–water partition coefficient (Wildman–Crippen LogP) is 2.76. The quantitative estimate of drug-likeness (QED) is 0.760. The highest BCUT2D eigenvalue weighted by molar-refractivity contribution is 6.66. The monoisotopic (exact) mass is 291 g/mol. The van der Waals surface area contributed by atoms with Crippen LogP contribution in [0.1, 0.15) is 17.2 Å². The third-order valence-corrected chi connectivity index (χ3v) is 2.76. The molecule has 0 fully saturated rings. The average Bonchev–Trinajstić information content (AvgIpc) is 2.13. The number of rotatable bonds is 0. The van der Waals surface area contributed by atoms with Crippen LogP contribution in [0, 0.1) is 13.8 Å². The summed E-state index contributed by atoms with van der Waals surface area (Å²) in [6.45, 7) is 3.43. The first-order valence-electron chi connectivity index (χ1n) is 4.74. The zero-order chi connectivity index (χ0) is 12.8. The van der Waals surface area contributed by atoms with E-state index in [0.717, 1.165) is 0 Å². The Morgan fingerprint density at radius 3 is 2.47 bits per heavy atom. The van der Waals surface area contributed by atoms with Crippen LogP contribution >= 0.6 is 34.8 Å². The number of halogens is 3. The molecule has 0 aliphatic rings. The van der Waals surface area contributed by atoms with Gasteiger partial charge in [0.25, 0.3) is 0 Å². The zero-order valence-electron chi connectivity index (χ0n) is 9.01. The highest BCUT2D eigenvalue weighted by Crippen LogP contribution is 2.36. The normalized spacial score (nSPS) is 12.1. The number of aromatic amines is 1. The summed E-state index contributed by atoms with van der Waals surface area (Å²) in [5.74, 6) is 0.0498. The number of alkyl halides is 3. The lowest BCUT2D eigenvalue weighted by Gasteiger charge is -2.11. The number of fused-ring (bicyclic) bond motifs is 1. The third-order valence-electron chi connectivity index (χ3n) is 2.25. The van der Waals surface area contributed by atoms with Gasteiger partial charge in [-0.2, -0.15) is 0 Å². The van der Waals surface area contributed by atoms with Gasteiger partial charge in [-0.3, -0.25) is 4.79 Å². The minimum atomic E-state index is -1.71. The lowest BCUT2D eigenvalue weighted by Crippen LogP contribution is -2.13. The predicted molar refractivity (Wildman–Crippen MR) is 68.9 cm³/mol. The number of nitrogens with zero attached hydrogens (tertiary/aromatic N) is 2. The molecule has 2 rings (SSSR count). The van der Waals surface area contributed by atoms with Crippen molar-refractivity contribution in [3.8, 4) is 0 Å². The molecule has 1 N–H and O–H groups in total. The van der Waals surface area contributed by atoms with Gasteiger partial charge in [0.1, 0.15) is 5.65 Å². The average molecular weight is 293 g/mol. The molecule has 0 aromatic carbocycles. The van der Waals surface area contributed by atoms with Crippen molar-refractivity contribution >= 4 is 45.8 Å². The van der Waals surface area contributed by atoms with E-state index in [-0.39, 0.29) is 11.3 Å². The first-order chi connectivity index (χ1) is 7.79. The van der Waals surface area contributed by atoms with E-state index in [2.05, 4.69) is 15.0 Å². The van der Waals surface area contributed by atoms with Crippen LogP contribution in [0.5, 0.6) is 0 Å². The number of aryl methyl sites for hydroxylation is 2. The lowest BCUT2D eigenvalue weighted by molar-refractivity contribution is 0.956. The van der Waals surface area contributed by atoms with Gasteiger partial charge in [0.15, 0.2) is 11.3 Å². The van der Waals surface area contributed by atoms with Crippen molar-refractivity contribution < 1.29 is 0 Å². The molecule has 17 heavy (non-hydrogen) atoms. The smallest absolute Gasteiger partial charge is 0.250 e. The van der Waals surface area contributed by atoms with Gasteiger partial charge in [0.05, 0.1) is 11.1 Å². The Morgan fingerprint density at radius 2 is 1.88 bits per heavy atom. The van der Waals surface area contributed by atoms with E-state index in [4.69, 9.17) is 34.8 Å². The van der Waals surface area contributed by atoms with Crippen molar-refractivity contribution in [2.24, 2.45) is 0 Å². The van der Waals surface area contributed by atoms with Gasteiger partial charge in [-0.25, -0.2) is 9.97 Å². The third kappa shape index (κ3) is 2.39. The van der Waals surface area contributed by atoms with E-state index >= 15 is 0 Å². The van der Waals surface area contributed by atoms with Crippen molar-refractivity contribution in [3.05, 3.63) is 33.5 Å². The van der Waals surface area contributed by atoms with Crippen LogP contribution < -0.4 is 5.43 Å². The molecule has 0 bridgehead atoms. The van der Waals surface area contributed by atoms with Crippen LogP contribution in [0.25, 0.3) is 11.0 Å². The molecule has 0 saturated heterocycles. The van der Waals surface area contributed by atoms with Crippen LogP contribution in [-0.4, -0.2) is 15.0 Å². The second kappa shape index (κ2) is 4.12. The summed E-state index contributed by atoms with van der Waals surface area (Å²) in [7, 11) is 0. The summed E-state index contributed by atoms with van der Waals surface area (Å²) in [5.41, 5.74) is 1.40. The number of hydrogen-bond acceptors (Lipinski definition) is 3. The second-order valence-corrected chi connectivity index (χ2v) is 5.95. The fraction of sp³-hybridized carbons (Fsp3) is 0.300. The Kier molecular flexibility index (Phi) is 3.06. The molecule has 0 radical (unpaired) electrons. The molecule has 2 aromatic rings. The van der Waals surface area contributed by atoms with E-state index in [9.17, 15) is 4.79 Å². The molecule has 4 nitrogen and oxygen atoms in total. The Hall–Kier alpha value is -0.840. The molecule has 0 atom stereocenters. The molecule has 2 heterocycles. The lowest BCUT2D eigenvalue weighted by atomic mass is 10.2. The fourth-order valence-electron chi connectivity index (χ4n) is 1.58. The van der Waals surface area contributed by atoms with Gasteiger partial charge in [-0.1, -0.05) is 34.8 Å². The van der Waals surface area contributed by atoms with Crippen LogP contribution in [0.3, 0.4) is 0 Å². The second-order valence-electron chi connectivity index (χ2n) is 3.67. The molecular formula is C10H8Cl3N3O. The zero-order valence-corrected chi connectivity index (χ0v) is 11.3. The number of nitrogens with one attached hydrogen (secondary N) is 1. The van der Waals surface area contributed by atoms with Gasteiger partial charge in [0, 0.05) is 11.8 Å². The standard InChI is InChI=1S/C10H8Cl3N3O/c1-4-3-6(17)7-5(2)15-9(10(11,12)13)16-8(7)14-4/h3H,1-2H3,(H,14,15,16,17). The maximum Gasteiger partial charge on any atom is 0.250 e. The molecule has 2 aromatic heterocycles. The van der Waals surface area contributed by atoms with Crippen molar-refractivity contribution in [3.63, 3.8) is 0 Å². The van der Waals surface area contributed by atoms with E-state index < -0.39 is 3.79 Å². The highest BCUT2D eigenvalue weighted by Gasteiger charge is 2.28. The fourth-order valence-corrected chi connectivity index (χ4v) is 1.83. The van der Waals surface area contributed by atoms with E-state index in [1.54, 1.807) is 13.8 Å². The van der Waals surface area contributed by atoms with E-state index in [0.29, 0.717) is 22.4 Å². The Balaban J connectivity index is 2.87. The first-order valence-corrected chi connectivity index (χ1v) is 5.88. The van der Waals surface area contributed by atoms with Gasteiger partial charge < -0.3 is 4.98 Å². The summed E-state index contributed by atoms with van der Waals surface area (Å²) in [5, 5.41) is 0.411. The highest BCUT2D eigenvalue weighted by atomic mass is 35.6. The summed E-state index contributed by atoms with van der Waals surface area (Å²) in [4.78, 5) is 22.8. The molecule has 0 aliphatic carbocycles. The van der Waals surface area contributed by atoms with Crippen LogP contribution in [0.2, 0.25) is 0 Å². The maximum absolute atomic E-state index is 11.8. The summed E-state index contributed by atoms with van der Waals surface area (Å²) in [6.07, 6.45) is 0. The summed E-state index contributed by atoms with van der Waals surface area (Å²) < 4.78 is -1.71. The van der Waals surface area contributed by atoms with E-state index in [1.165, 1.54) is 6.07 Å². The molecule has 0 aliphatic heterocycles. The molecule has 7 heteroatoms. The minimum absolute atomic E-state index is 0.0498. The van der Waals surface area contributed by atoms with Crippen LogP contribution in [-0.2, 0) is 3.79 Å². The Morgan fingerprint density at radius 1 is 1.24 bits per heavy atom. The van der Waals surface area contributed by atoms with Crippen molar-refractivity contribution in [1.82, 2.24) is 15.0 Å². The number of hydrogen-bond donors (Lipinski definition) is 1.